The molecule has 10 heteroatoms. The lowest BCUT2D eigenvalue weighted by Gasteiger charge is -2.32. The zero-order valence-corrected chi connectivity index (χ0v) is 30.9. The Morgan fingerprint density at radius 2 is 1.48 bits per heavy atom. The highest BCUT2D eigenvalue weighted by atomic mass is 19.1. The van der Waals surface area contributed by atoms with Crippen molar-refractivity contribution < 1.29 is 18.3 Å². The van der Waals surface area contributed by atoms with Crippen molar-refractivity contribution in [1.29, 1.82) is 0 Å². The highest BCUT2D eigenvalue weighted by Crippen LogP contribution is 2.31. The van der Waals surface area contributed by atoms with E-state index in [1.807, 2.05) is 92.3 Å². The summed E-state index contributed by atoms with van der Waals surface area (Å²) in [5.41, 5.74) is 5.07. The van der Waals surface area contributed by atoms with Crippen molar-refractivity contribution in [2.75, 3.05) is 47.3 Å². The normalized spacial score (nSPS) is 14.3. The summed E-state index contributed by atoms with van der Waals surface area (Å²) in [4.78, 5) is 33.2. The van der Waals surface area contributed by atoms with Gasteiger partial charge in [-0.25, -0.2) is 18.4 Å². The molecule has 1 atom stereocenters. The largest absolute Gasteiger partial charge is 0.414 e. The summed E-state index contributed by atoms with van der Waals surface area (Å²) < 4.78 is 34.2. The van der Waals surface area contributed by atoms with Gasteiger partial charge in [-0.05, 0) is 125 Å². The number of halogens is 2. The van der Waals surface area contributed by atoms with Gasteiger partial charge >= 0.3 is 11.8 Å². The molecule has 0 bridgehead atoms. The summed E-state index contributed by atoms with van der Waals surface area (Å²) in [6, 6.07) is 29.3. The minimum atomic E-state index is -0.327. The van der Waals surface area contributed by atoms with Crippen LogP contribution in [-0.2, 0) is 0 Å². The predicted molar refractivity (Wildman–Crippen MR) is 204 cm³/mol. The molecule has 0 radical (unpaired) electrons. The van der Waals surface area contributed by atoms with Crippen LogP contribution in [0.4, 0.5) is 13.6 Å². The summed E-state index contributed by atoms with van der Waals surface area (Å²) in [6.45, 7) is 7.52. The summed E-state index contributed by atoms with van der Waals surface area (Å²) in [6.07, 6.45) is 3.45. The highest BCUT2D eigenvalue weighted by molar-refractivity contribution is 5.75. The third-order valence-corrected chi connectivity index (χ3v) is 10.2. The van der Waals surface area contributed by atoms with Crippen LogP contribution >= 0.6 is 0 Å². The molecule has 0 unspecified atom stereocenters. The van der Waals surface area contributed by atoms with Gasteiger partial charge in [0.25, 0.3) is 0 Å². The number of aromatic nitrogens is 2. The van der Waals surface area contributed by atoms with E-state index in [0.717, 1.165) is 73.0 Å². The van der Waals surface area contributed by atoms with Gasteiger partial charge in [-0.2, -0.15) is 0 Å². The number of hydrogen-bond acceptors (Lipinski definition) is 5. The molecule has 8 nitrogen and oxygen atoms in total. The van der Waals surface area contributed by atoms with Crippen LogP contribution in [-0.4, -0.2) is 77.7 Å². The molecule has 1 amide bonds. The summed E-state index contributed by atoms with van der Waals surface area (Å²) >= 11 is 0. The fraction of sp³-hybridized carbons (Fsp3) is 0.381. The molecule has 1 N–H and O–H groups in total. The molecule has 276 valence electrons. The molecule has 1 fully saturated rings. The van der Waals surface area contributed by atoms with E-state index in [2.05, 4.69) is 21.7 Å². The number of nitrogens with one attached hydrogen (secondary N) is 1. The molecule has 1 saturated heterocycles. The molecule has 52 heavy (non-hydrogen) atoms. The lowest BCUT2D eigenvalue weighted by Crippen LogP contribution is -2.37. The lowest BCUT2D eigenvalue weighted by atomic mass is 9.87. The van der Waals surface area contributed by atoms with Gasteiger partial charge in [0, 0.05) is 44.7 Å². The van der Waals surface area contributed by atoms with Crippen LogP contribution in [0.2, 0.25) is 0 Å². The fourth-order valence-corrected chi connectivity index (χ4v) is 6.72. The van der Waals surface area contributed by atoms with Crippen molar-refractivity contribution in [3.63, 3.8) is 0 Å². The number of benzene rings is 4. The van der Waals surface area contributed by atoms with E-state index < -0.39 is 0 Å². The number of amides is 1. The van der Waals surface area contributed by atoms with Gasteiger partial charge in [0.1, 0.15) is 17.4 Å². The van der Waals surface area contributed by atoms with Gasteiger partial charge in [-0.15, -0.1) is 0 Å². The van der Waals surface area contributed by atoms with Crippen molar-refractivity contribution in [2.45, 2.75) is 57.5 Å². The summed E-state index contributed by atoms with van der Waals surface area (Å²) in [7, 11) is 5.76. The molecule has 1 aromatic heterocycles. The van der Waals surface area contributed by atoms with Crippen LogP contribution in [0.25, 0.3) is 11.0 Å². The second-order valence-electron chi connectivity index (χ2n) is 13.8. The number of nitrogens with zero attached hydrogens (tertiary/aromatic N) is 4. The number of likely N-dealkylation sites (tertiary alicyclic amines) is 1. The highest BCUT2D eigenvalue weighted by Gasteiger charge is 2.24. The zero-order chi connectivity index (χ0) is 37.2. The second-order valence-corrected chi connectivity index (χ2v) is 13.8. The molecular weight excluding hydrogens is 660 g/mol. The van der Waals surface area contributed by atoms with Crippen LogP contribution in [0, 0.1) is 11.6 Å². The lowest BCUT2D eigenvalue weighted by molar-refractivity contribution is 0.165. The Labute approximate surface area is 305 Å². The van der Waals surface area contributed by atoms with Gasteiger partial charge in [-0.3, -0.25) is 4.57 Å². The van der Waals surface area contributed by atoms with Crippen LogP contribution in [0.5, 0.6) is 5.75 Å². The minimum absolute atomic E-state index is 0.0268. The quantitative estimate of drug-likeness (QED) is 0.149. The van der Waals surface area contributed by atoms with Crippen molar-refractivity contribution in [3.8, 4) is 5.75 Å². The molecule has 6 rings (SSSR count). The maximum Gasteiger partial charge on any atom is 0.414 e. The third kappa shape index (κ3) is 9.95. The molecule has 1 aliphatic heterocycles. The van der Waals surface area contributed by atoms with Gasteiger partial charge < -0.3 is 24.4 Å². The number of rotatable bonds is 11. The molecule has 4 aromatic carbocycles. The monoisotopic (exact) mass is 711 g/mol. The first-order valence-electron chi connectivity index (χ1n) is 18.2. The van der Waals surface area contributed by atoms with E-state index in [9.17, 15) is 18.4 Å². The average molecular weight is 712 g/mol. The number of fused-ring (bicyclic) bond motifs is 1. The Morgan fingerprint density at radius 3 is 2.08 bits per heavy atom. The number of para-hydroxylation sites is 2. The maximum atomic E-state index is 13.5. The van der Waals surface area contributed by atoms with Crippen LogP contribution in [0.15, 0.2) is 102 Å². The number of piperidine rings is 1. The van der Waals surface area contributed by atoms with Crippen molar-refractivity contribution >= 4 is 17.1 Å². The van der Waals surface area contributed by atoms with E-state index in [0.29, 0.717) is 12.3 Å². The van der Waals surface area contributed by atoms with Gasteiger partial charge in [0.15, 0.2) is 0 Å². The Morgan fingerprint density at radius 1 is 0.865 bits per heavy atom. The Kier molecular flexibility index (Phi) is 13.4. The fourth-order valence-electron chi connectivity index (χ4n) is 6.72. The molecule has 2 heterocycles. The van der Waals surface area contributed by atoms with Crippen LogP contribution in [0.1, 0.15) is 74.2 Å². The summed E-state index contributed by atoms with van der Waals surface area (Å²) in [5.74, 6) is 0.188. The van der Waals surface area contributed by atoms with Gasteiger partial charge in [0.2, 0.25) is 0 Å². The number of H-pyrrole nitrogens is 1. The molecular formula is C42H51F2N5O3. The zero-order valence-electron chi connectivity index (χ0n) is 30.9. The number of hydrogen-bond donors (Lipinski definition) is 1. The number of aromatic amines is 1. The number of carbonyl (C=O) groups is 1. The number of imidazole rings is 1. The average Bonchev–Trinajstić information content (AvgIpc) is 3.49. The van der Waals surface area contributed by atoms with Crippen molar-refractivity contribution in [2.24, 2.45) is 0 Å². The first kappa shape index (κ1) is 38.4. The Balaban J connectivity index is 0.000000246. The predicted octanol–water partition coefficient (Wildman–Crippen LogP) is 8.62. The van der Waals surface area contributed by atoms with Crippen LogP contribution < -0.4 is 10.4 Å². The van der Waals surface area contributed by atoms with Crippen molar-refractivity contribution in [3.05, 3.63) is 136 Å². The molecule has 1 aliphatic rings. The van der Waals surface area contributed by atoms with E-state index in [-0.39, 0.29) is 41.4 Å². The smallest absolute Gasteiger partial charge is 0.410 e. The van der Waals surface area contributed by atoms with Crippen LogP contribution in [0.3, 0.4) is 0 Å². The molecule has 5 aromatic rings. The Hall–Kier alpha value is -4.80. The van der Waals surface area contributed by atoms with E-state index in [1.165, 1.54) is 29.2 Å². The number of ether oxygens (including phenoxy) is 1. The SMILES string of the molecule is CCN(C)C(=O)Oc1cccc([C@H](C)N(C)C)c1.O=c1[nH]c2ccccc2n1C1CCN(CCCC(c2ccc(F)cc2)c2ccc(F)cc2)CC1. The van der Waals surface area contributed by atoms with E-state index in [1.54, 1.807) is 13.1 Å². The topological polar surface area (TPSA) is 73.8 Å². The Bertz CT molecular complexity index is 1890. The standard InChI is InChI=1S/C28H29F2N3O.C14H22N2O2/c29-22-11-7-20(8-12-22)25(21-9-13-23(30)14-10-21)4-3-17-32-18-15-24(16-19-32)33-27-6-2-1-5-26(27)31-28(33)34;1-6-16(5)14(17)18-13-9-7-8-12(10-13)11(2)15(3)4/h1-2,5-14,24-25H,3-4,15-19H2,(H,31,34);7-11H,6H2,1-5H3/t;11-/m.0/s1. The first-order valence-corrected chi connectivity index (χ1v) is 18.2. The first-order chi connectivity index (χ1) is 25.0. The van der Waals surface area contributed by atoms with E-state index in [4.69, 9.17) is 4.74 Å². The van der Waals surface area contributed by atoms with Gasteiger partial charge in [-0.1, -0.05) is 48.5 Å². The number of carbonyl (C=O) groups excluding carboxylic acids is 1. The van der Waals surface area contributed by atoms with Gasteiger partial charge in [0.05, 0.1) is 11.0 Å². The minimum Gasteiger partial charge on any atom is -0.410 e. The third-order valence-electron chi connectivity index (χ3n) is 10.2. The molecule has 0 saturated carbocycles. The molecule has 0 spiro atoms. The summed E-state index contributed by atoms with van der Waals surface area (Å²) in [5, 5.41) is 0. The molecule has 0 aliphatic carbocycles. The van der Waals surface area contributed by atoms with E-state index >= 15 is 0 Å². The van der Waals surface area contributed by atoms with Crippen molar-refractivity contribution in [1.82, 2.24) is 24.3 Å². The maximum absolute atomic E-state index is 13.5. The second kappa shape index (κ2) is 18.1.